The van der Waals surface area contributed by atoms with Gasteiger partial charge in [0.05, 0.1) is 15.9 Å². The van der Waals surface area contributed by atoms with Crippen LogP contribution in [0.4, 0.5) is 0 Å². The normalized spacial score (nSPS) is 12.2. The summed E-state index contributed by atoms with van der Waals surface area (Å²) in [5, 5.41) is 0. The number of aryl methyl sites for hydroxylation is 2. The summed E-state index contributed by atoms with van der Waals surface area (Å²) in [5.41, 5.74) is 3.10. The molecule has 162 valence electrons. The maximum Gasteiger partial charge on any atom is 0.328 e. The molecule has 1 heterocycles. The minimum Gasteiger partial charge on any atom is -0.300 e. The van der Waals surface area contributed by atoms with E-state index in [-0.39, 0.29) is 17.1 Å². The number of fused-ring (bicyclic) bond motifs is 1. The molecule has 0 spiro atoms. The van der Waals surface area contributed by atoms with Gasteiger partial charge < -0.3 is 0 Å². The average molecular weight is 495 g/mol. The summed E-state index contributed by atoms with van der Waals surface area (Å²) in [7, 11) is -0.480. The zero-order valence-corrected chi connectivity index (χ0v) is 20.0. The molecule has 30 heavy (non-hydrogen) atoms. The summed E-state index contributed by atoms with van der Waals surface area (Å²) < 4.78 is 31.8. The van der Waals surface area contributed by atoms with Crippen LogP contribution < -0.4 is 10.4 Å². The van der Waals surface area contributed by atoms with Crippen molar-refractivity contribution in [3.8, 4) is 0 Å². The highest BCUT2D eigenvalue weighted by atomic mass is 79.9. The fraction of sp³-hybridized carbons (Fsp3) is 0.381. The van der Waals surface area contributed by atoms with Gasteiger partial charge in [0.25, 0.3) is 0 Å². The summed E-state index contributed by atoms with van der Waals surface area (Å²) in [6.45, 7) is 7.31. The Balaban J connectivity index is 1.79. The van der Waals surface area contributed by atoms with Crippen LogP contribution in [-0.2, 0) is 37.2 Å². The van der Waals surface area contributed by atoms with E-state index in [0.29, 0.717) is 15.5 Å². The van der Waals surface area contributed by atoms with Gasteiger partial charge in [0.15, 0.2) is 0 Å². The van der Waals surface area contributed by atoms with E-state index in [2.05, 4.69) is 39.4 Å². The molecule has 0 amide bonds. The highest BCUT2D eigenvalue weighted by Gasteiger charge is 2.21. The van der Waals surface area contributed by atoms with E-state index in [1.807, 2.05) is 24.3 Å². The molecule has 0 bridgehead atoms. The summed E-state index contributed by atoms with van der Waals surface area (Å²) in [4.78, 5) is 14.6. The van der Waals surface area contributed by atoms with Gasteiger partial charge in [0, 0.05) is 31.7 Å². The van der Waals surface area contributed by atoms with E-state index >= 15 is 0 Å². The summed E-state index contributed by atoms with van der Waals surface area (Å²) in [5.74, 6) is 0. The highest BCUT2D eigenvalue weighted by Crippen LogP contribution is 2.27. The van der Waals surface area contributed by atoms with Crippen LogP contribution in [0.3, 0.4) is 0 Å². The number of sulfonamides is 1. The predicted octanol–water partition coefficient (Wildman–Crippen LogP) is 2.96. The molecule has 7 nitrogen and oxygen atoms in total. The van der Waals surface area contributed by atoms with Crippen LogP contribution in [0.2, 0.25) is 0 Å². The fourth-order valence-corrected chi connectivity index (χ4v) is 5.50. The van der Waals surface area contributed by atoms with Crippen molar-refractivity contribution < 1.29 is 8.42 Å². The number of imidazole rings is 1. The molecular weight excluding hydrogens is 468 g/mol. The standard InChI is InChI=1S/C21H27BrN4O3S/c1-5-26(6-2)14-16-9-7-15(8-10-16)13-23-30(28,29)20-12-19-18(11-17(20)22)24(3)21(27)25(19)4/h7-12,23H,5-6,13-14H2,1-4H3. The molecule has 2 aromatic carbocycles. The zero-order chi connectivity index (χ0) is 22.1. The molecule has 0 aliphatic rings. The quantitative estimate of drug-likeness (QED) is 0.522. The average Bonchev–Trinajstić information content (AvgIpc) is 2.94. The molecule has 1 N–H and O–H groups in total. The largest absolute Gasteiger partial charge is 0.328 e. The lowest BCUT2D eigenvalue weighted by Crippen LogP contribution is -2.24. The predicted molar refractivity (Wildman–Crippen MR) is 123 cm³/mol. The molecule has 1 aromatic heterocycles. The Hall–Kier alpha value is -1.94. The van der Waals surface area contributed by atoms with Gasteiger partial charge in [0.1, 0.15) is 0 Å². The summed E-state index contributed by atoms with van der Waals surface area (Å²) >= 11 is 3.34. The SMILES string of the molecule is CCN(CC)Cc1ccc(CNS(=O)(=O)c2cc3c(cc2Br)n(C)c(=O)n3C)cc1. The molecule has 9 heteroatoms. The Morgan fingerprint density at radius 3 is 2.07 bits per heavy atom. The van der Waals surface area contributed by atoms with Gasteiger partial charge in [0.2, 0.25) is 10.0 Å². The minimum absolute atomic E-state index is 0.106. The maximum absolute atomic E-state index is 12.9. The fourth-order valence-electron chi connectivity index (χ4n) is 3.43. The molecular formula is C21H27BrN4O3S. The van der Waals surface area contributed by atoms with Crippen LogP contribution in [0.25, 0.3) is 11.0 Å². The third-order valence-electron chi connectivity index (χ3n) is 5.41. The second kappa shape index (κ2) is 9.05. The van der Waals surface area contributed by atoms with Gasteiger partial charge in [-0.2, -0.15) is 0 Å². The first-order chi connectivity index (χ1) is 14.2. The van der Waals surface area contributed by atoms with Gasteiger partial charge in [-0.25, -0.2) is 17.9 Å². The Labute approximate surface area is 185 Å². The monoisotopic (exact) mass is 494 g/mol. The summed E-state index contributed by atoms with van der Waals surface area (Å²) in [6.07, 6.45) is 0. The Morgan fingerprint density at radius 2 is 1.50 bits per heavy atom. The highest BCUT2D eigenvalue weighted by molar-refractivity contribution is 9.10. The van der Waals surface area contributed by atoms with Crippen molar-refractivity contribution in [3.05, 3.63) is 62.5 Å². The Kier molecular flexibility index (Phi) is 6.86. The molecule has 0 aliphatic heterocycles. The van der Waals surface area contributed by atoms with Crippen molar-refractivity contribution in [3.63, 3.8) is 0 Å². The number of nitrogens with zero attached hydrogens (tertiary/aromatic N) is 3. The molecule has 3 rings (SSSR count). The zero-order valence-electron chi connectivity index (χ0n) is 17.6. The first-order valence-electron chi connectivity index (χ1n) is 9.82. The smallest absolute Gasteiger partial charge is 0.300 e. The van der Waals surface area contributed by atoms with E-state index < -0.39 is 10.0 Å². The van der Waals surface area contributed by atoms with Crippen LogP contribution in [0.5, 0.6) is 0 Å². The van der Waals surface area contributed by atoms with Crippen molar-refractivity contribution >= 4 is 37.0 Å². The molecule has 0 aliphatic carbocycles. The van der Waals surface area contributed by atoms with Gasteiger partial charge in [-0.3, -0.25) is 14.0 Å². The number of rotatable bonds is 8. The van der Waals surface area contributed by atoms with E-state index in [0.717, 1.165) is 25.2 Å². The lowest BCUT2D eigenvalue weighted by atomic mass is 10.1. The van der Waals surface area contributed by atoms with Crippen molar-refractivity contribution in [2.75, 3.05) is 13.1 Å². The van der Waals surface area contributed by atoms with Crippen LogP contribution in [0.15, 0.2) is 50.6 Å². The van der Waals surface area contributed by atoms with Crippen molar-refractivity contribution in [1.29, 1.82) is 0 Å². The van der Waals surface area contributed by atoms with Crippen LogP contribution in [-0.4, -0.2) is 35.5 Å². The number of hydrogen-bond donors (Lipinski definition) is 1. The molecule has 0 saturated carbocycles. The molecule has 3 aromatic rings. The molecule has 0 saturated heterocycles. The molecule has 0 fully saturated rings. The van der Waals surface area contributed by atoms with Crippen LogP contribution >= 0.6 is 15.9 Å². The summed E-state index contributed by atoms with van der Waals surface area (Å²) in [6, 6.07) is 11.1. The lowest BCUT2D eigenvalue weighted by molar-refractivity contribution is 0.296. The van der Waals surface area contributed by atoms with Gasteiger partial charge in [-0.05, 0) is 52.3 Å². The number of aromatic nitrogens is 2. The molecule has 0 atom stereocenters. The topological polar surface area (TPSA) is 76.3 Å². The lowest BCUT2D eigenvalue weighted by Gasteiger charge is -2.18. The number of halogens is 1. The van der Waals surface area contributed by atoms with Crippen molar-refractivity contribution in [2.45, 2.75) is 31.8 Å². The van der Waals surface area contributed by atoms with Gasteiger partial charge in [-0.1, -0.05) is 38.1 Å². The van der Waals surface area contributed by atoms with Crippen molar-refractivity contribution in [1.82, 2.24) is 18.8 Å². The third-order valence-corrected chi connectivity index (χ3v) is 7.76. The van der Waals surface area contributed by atoms with Gasteiger partial charge in [-0.15, -0.1) is 0 Å². The van der Waals surface area contributed by atoms with Crippen LogP contribution in [0, 0.1) is 0 Å². The number of nitrogens with one attached hydrogen (secondary N) is 1. The maximum atomic E-state index is 12.9. The van der Waals surface area contributed by atoms with E-state index in [1.54, 1.807) is 20.2 Å². The Morgan fingerprint density at radius 1 is 0.967 bits per heavy atom. The Bertz CT molecular complexity index is 1210. The van der Waals surface area contributed by atoms with E-state index in [1.165, 1.54) is 20.8 Å². The second-order valence-electron chi connectivity index (χ2n) is 7.27. The number of benzene rings is 2. The van der Waals surface area contributed by atoms with E-state index in [9.17, 15) is 13.2 Å². The molecule has 0 radical (unpaired) electrons. The van der Waals surface area contributed by atoms with Crippen LogP contribution in [0.1, 0.15) is 25.0 Å². The first kappa shape index (κ1) is 22.7. The van der Waals surface area contributed by atoms with E-state index in [4.69, 9.17) is 0 Å². The number of hydrogen-bond acceptors (Lipinski definition) is 4. The van der Waals surface area contributed by atoms with Gasteiger partial charge >= 0.3 is 5.69 Å². The minimum atomic E-state index is -3.77. The first-order valence-corrected chi connectivity index (χ1v) is 12.1. The van der Waals surface area contributed by atoms with Crippen molar-refractivity contribution in [2.24, 2.45) is 14.1 Å². The molecule has 0 unspecified atom stereocenters. The second-order valence-corrected chi connectivity index (χ2v) is 9.86. The third kappa shape index (κ3) is 4.54.